The zero-order valence-corrected chi connectivity index (χ0v) is 47.4. The number of rotatable bonds is 55. The Labute approximate surface area is 445 Å². The summed E-state index contributed by atoms with van der Waals surface area (Å²) in [6.07, 6.45) is 78.6. The van der Waals surface area contributed by atoms with E-state index < -0.39 is 6.10 Å². The lowest BCUT2D eigenvalue weighted by Gasteiger charge is -2.18. The number of carbonyl (C=O) groups is 3. The van der Waals surface area contributed by atoms with Crippen molar-refractivity contribution >= 4 is 17.9 Å². The molecule has 6 nitrogen and oxygen atoms in total. The monoisotopic (exact) mass is 1000 g/mol. The number of carbonyl (C=O) groups excluding carboxylic acids is 3. The lowest BCUT2D eigenvalue weighted by Crippen LogP contribution is -2.30. The van der Waals surface area contributed by atoms with Crippen LogP contribution >= 0.6 is 0 Å². The summed E-state index contributed by atoms with van der Waals surface area (Å²) in [6.45, 7) is 6.51. The van der Waals surface area contributed by atoms with Gasteiger partial charge in [0, 0.05) is 19.3 Å². The molecule has 0 spiro atoms. The number of unbranched alkanes of at least 4 members (excludes halogenated alkanes) is 30. The highest BCUT2D eigenvalue weighted by Crippen LogP contribution is 2.15. The third-order valence-electron chi connectivity index (χ3n) is 13.1. The molecule has 0 rings (SSSR count). The Morgan fingerprint density at radius 2 is 0.542 bits per heavy atom. The third-order valence-corrected chi connectivity index (χ3v) is 13.1. The van der Waals surface area contributed by atoms with Crippen molar-refractivity contribution < 1.29 is 28.6 Å². The van der Waals surface area contributed by atoms with Crippen LogP contribution in [-0.4, -0.2) is 37.2 Å². The molecule has 0 aliphatic rings. The van der Waals surface area contributed by atoms with Gasteiger partial charge in [0.1, 0.15) is 13.2 Å². The summed E-state index contributed by atoms with van der Waals surface area (Å²) in [5.74, 6) is -0.915. The number of ether oxygens (including phenoxy) is 3. The molecular weight excluding hydrogens is 889 g/mol. The van der Waals surface area contributed by atoms with E-state index >= 15 is 0 Å². The standard InChI is InChI=1S/C66H114O6/c1-4-7-10-13-16-19-22-25-28-30-32-33-34-36-38-41-44-47-50-53-56-59-65(68)71-62-63(61-70-64(67)58-55-52-49-46-43-40-37-27-24-21-18-15-12-9-6-3)72-66(69)60-57-54-51-48-45-42-39-35-31-29-26-23-20-17-14-11-8-5-2/h9,12,18,21-22,25,27,29-32,34,36-37,63H,4-8,10-11,13-17,19-20,23-24,26,28,33,35,38-62H2,1-3H3/b12-9-,21-18-,25-22-,31-29-,32-30-,36-34-,37-27-. The molecule has 0 saturated carbocycles. The van der Waals surface area contributed by atoms with Crippen LogP contribution in [0, 0.1) is 0 Å². The van der Waals surface area contributed by atoms with Crippen LogP contribution in [0.3, 0.4) is 0 Å². The van der Waals surface area contributed by atoms with Crippen molar-refractivity contribution in [1.82, 2.24) is 0 Å². The van der Waals surface area contributed by atoms with Gasteiger partial charge in [-0.05, 0) is 116 Å². The molecule has 1 unspecified atom stereocenters. The number of hydrogen-bond acceptors (Lipinski definition) is 6. The average Bonchev–Trinajstić information content (AvgIpc) is 3.38. The Morgan fingerprint density at radius 1 is 0.292 bits per heavy atom. The average molecular weight is 1000 g/mol. The molecule has 414 valence electrons. The fraction of sp³-hybridized carbons (Fsp3) is 0.742. The van der Waals surface area contributed by atoms with E-state index in [2.05, 4.69) is 106 Å². The Morgan fingerprint density at radius 3 is 0.861 bits per heavy atom. The molecule has 0 aliphatic carbocycles. The summed E-state index contributed by atoms with van der Waals surface area (Å²) >= 11 is 0. The highest BCUT2D eigenvalue weighted by atomic mass is 16.6. The van der Waals surface area contributed by atoms with E-state index in [0.29, 0.717) is 19.3 Å². The summed E-state index contributed by atoms with van der Waals surface area (Å²) in [7, 11) is 0. The molecule has 0 saturated heterocycles. The van der Waals surface area contributed by atoms with E-state index in [-0.39, 0.29) is 31.1 Å². The predicted molar refractivity (Wildman–Crippen MR) is 311 cm³/mol. The lowest BCUT2D eigenvalue weighted by atomic mass is 10.1. The second kappa shape index (κ2) is 60.1. The number of allylic oxidation sites excluding steroid dienone is 14. The van der Waals surface area contributed by atoms with Gasteiger partial charge in [0.15, 0.2) is 6.10 Å². The quantitative estimate of drug-likeness (QED) is 0.0261. The number of esters is 3. The molecule has 0 aromatic heterocycles. The first-order chi connectivity index (χ1) is 35.5. The molecule has 6 heteroatoms. The second-order valence-electron chi connectivity index (χ2n) is 20.2. The van der Waals surface area contributed by atoms with Gasteiger partial charge >= 0.3 is 17.9 Å². The van der Waals surface area contributed by atoms with Gasteiger partial charge in [0.25, 0.3) is 0 Å². The van der Waals surface area contributed by atoms with Crippen molar-refractivity contribution in [2.75, 3.05) is 13.2 Å². The van der Waals surface area contributed by atoms with Crippen LogP contribution in [0.15, 0.2) is 85.1 Å². The minimum absolute atomic E-state index is 0.0905. The highest BCUT2D eigenvalue weighted by Gasteiger charge is 2.19. The van der Waals surface area contributed by atoms with Crippen LogP contribution in [0.5, 0.6) is 0 Å². The molecule has 0 bridgehead atoms. The van der Waals surface area contributed by atoms with Gasteiger partial charge < -0.3 is 14.2 Å². The first-order valence-corrected chi connectivity index (χ1v) is 30.6. The van der Waals surface area contributed by atoms with Crippen LogP contribution in [-0.2, 0) is 28.6 Å². The van der Waals surface area contributed by atoms with Gasteiger partial charge in [-0.1, -0.05) is 247 Å². The van der Waals surface area contributed by atoms with Gasteiger partial charge in [0.2, 0.25) is 0 Å². The molecule has 0 heterocycles. The molecule has 0 aliphatic heterocycles. The Bertz CT molecular complexity index is 1380. The van der Waals surface area contributed by atoms with E-state index in [0.717, 1.165) is 116 Å². The van der Waals surface area contributed by atoms with Crippen molar-refractivity contribution in [3.63, 3.8) is 0 Å². The molecule has 0 radical (unpaired) electrons. The van der Waals surface area contributed by atoms with Gasteiger partial charge in [-0.15, -0.1) is 0 Å². The Hall–Kier alpha value is -3.41. The molecule has 0 aromatic rings. The lowest BCUT2D eigenvalue weighted by molar-refractivity contribution is -0.167. The molecular formula is C66H114O6. The van der Waals surface area contributed by atoms with Crippen LogP contribution in [0.2, 0.25) is 0 Å². The van der Waals surface area contributed by atoms with Crippen LogP contribution in [0.4, 0.5) is 0 Å². The molecule has 1 atom stereocenters. The minimum Gasteiger partial charge on any atom is -0.462 e. The summed E-state index contributed by atoms with van der Waals surface area (Å²) in [5, 5.41) is 0. The van der Waals surface area contributed by atoms with Crippen LogP contribution in [0.1, 0.15) is 297 Å². The van der Waals surface area contributed by atoms with Crippen LogP contribution in [0.25, 0.3) is 0 Å². The fourth-order valence-corrected chi connectivity index (χ4v) is 8.52. The van der Waals surface area contributed by atoms with Crippen molar-refractivity contribution in [2.45, 2.75) is 303 Å². The summed E-state index contributed by atoms with van der Waals surface area (Å²) in [5.41, 5.74) is 0. The second-order valence-corrected chi connectivity index (χ2v) is 20.2. The SMILES string of the molecule is CC/C=C\C/C=C\C/C=C\CCCCCCCC(=O)OCC(COC(=O)CCCCCCCC/C=C\C/C=C\C/C=C\CCCCCCC)OC(=O)CCCCCCCCC/C=C\CCCCCCCCC. The van der Waals surface area contributed by atoms with E-state index in [1.807, 2.05) is 0 Å². The van der Waals surface area contributed by atoms with E-state index in [1.165, 1.54) is 141 Å². The van der Waals surface area contributed by atoms with Crippen molar-refractivity contribution in [2.24, 2.45) is 0 Å². The zero-order chi connectivity index (χ0) is 52.2. The van der Waals surface area contributed by atoms with E-state index in [4.69, 9.17) is 14.2 Å². The minimum atomic E-state index is -0.793. The smallest absolute Gasteiger partial charge is 0.306 e. The predicted octanol–water partition coefficient (Wildman–Crippen LogP) is 20.7. The van der Waals surface area contributed by atoms with E-state index in [1.54, 1.807) is 0 Å². The van der Waals surface area contributed by atoms with Crippen molar-refractivity contribution in [3.05, 3.63) is 85.1 Å². The Balaban J connectivity index is 4.42. The maximum atomic E-state index is 12.9. The first-order valence-electron chi connectivity index (χ1n) is 30.6. The van der Waals surface area contributed by atoms with Gasteiger partial charge in [0.05, 0.1) is 0 Å². The Kier molecular flexibility index (Phi) is 57.3. The van der Waals surface area contributed by atoms with Gasteiger partial charge in [-0.3, -0.25) is 14.4 Å². The largest absolute Gasteiger partial charge is 0.462 e. The molecule has 0 aromatic carbocycles. The van der Waals surface area contributed by atoms with Gasteiger partial charge in [-0.25, -0.2) is 0 Å². The fourth-order valence-electron chi connectivity index (χ4n) is 8.52. The van der Waals surface area contributed by atoms with Crippen molar-refractivity contribution in [3.8, 4) is 0 Å². The topological polar surface area (TPSA) is 78.9 Å². The summed E-state index contributed by atoms with van der Waals surface area (Å²) in [6, 6.07) is 0. The molecule has 0 fully saturated rings. The third kappa shape index (κ3) is 57.5. The molecule has 0 amide bonds. The van der Waals surface area contributed by atoms with Crippen LogP contribution < -0.4 is 0 Å². The normalized spacial score (nSPS) is 12.7. The maximum Gasteiger partial charge on any atom is 0.306 e. The van der Waals surface area contributed by atoms with Gasteiger partial charge in [-0.2, -0.15) is 0 Å². The maximum absolute atomic E-state index is 12.9. The summed E-state index contributed by atoms with van der Waals surface area (Å²) < 4.78 is 16.9. The van der Waals surface area contributed by atoms with Crippen molar-refractivity contribution in [1.29, 1.82) is 0 Å². The molecule has 0 N–H and O–H groups in total. The summed E-state index contributed by atoms with van der Waals surface area (Å²) in [4.78, 5) is 38.3. The number of hydrogen-bond donors (Lipinski definition) is 0. The van der Waals surface area contributed by atoms with E-state index in [9.17, 15) is 14.4 Å². The first kappa shape index (κ1) is 68.6. The molecule has 72 heavy (non-hydrogen) atoms. The zero-order valence-electron chi connectivity index (χ0n) is 47.4. The highest BCUT2D eigenvalue weighted by molar-refractivity contribution is 5.71.